The van der Waals surface area contributed by atoms with Crippen molar-refractivity contribution in [2.75, 3.05) is 11.9 Å². The van der Waals surface area contributed by atoms with Crippen LogP contribution >= 0.6 is 39.7 Å². The molecular weight excluding hydrogens is 430 g/mol. The van der Waals surface area contributed by atoms with Crippen LogP contribution in [0.25, 0.3) is 0 Å². The van der Waals surface area contributed by atoms with Crippen molar-refractivity contribution >= 4 is 50.7 Å². The number of thiocarbonyl (C=S) groups is 1. The Hall–Kier alpha value is -1.17. The van der Waals surface area contributed by atoms with Gasteiger partial charge in [0.25, 0.3) is 0 Å². The van der Waals surface area contributed by atoms with Gasteiger partial charge < -0.3 is 10.6 Å². The van der Waals surface area contributed by atoms with E-state index in [1.807, 2.05) is 6.92 Å². The average molecular weight is 453 g/mol. The Morgan fingerprint density at radius 1 is 1.23 bits per heavy atom. The van der Waals surface area contributed by atoms with Gasteiger partial charge in [-0.3, -0.25) is 0 Å². The molecule has 1 saturated carbocycles. The number of halogens is 2. The van der Waals surface area contributed by atoms with Gasteiger partial charge in [0.1, 0.15) is 5.82 Å². The van der Waals surface area contributed by atoms with E-state index in [1.54, 1.807) is 6.20 Å². The van der Waals surface area contributed by atoms with Crippen molar-refractivity contribution in [1.29, 1.82) is 0 Å². The van der Waals surface area contributed by atoms with Crippen LogP contribution in [0.15, 0.2) is 41.0 Å². The van der Waals surface area contributed by atoms with E-state index in [0.717, 1.165) is 16.6 Å². The lowest BCUT2D eigenvalue weighted by atomic mass is 9.69. The molecule has 26 heavy (non-hydrogen) atoms. The van der Waals surface area contributed by atoms with Crippen molar-refractivity contribution in [2.24, 2.45) is 0 Å². The van der Waals surface area contributed by atoms with Gasteiger partial charge in [0.05, 0.1) is 9.50 Å². The second-order valence-corrected chi connectivity index (χ2v) is 8.52. The molecule has 3 rings (SSSR count). The normalized spacial score (nSPS) is 16.1. The molecule has 3 nitrogen and oxygen atoms in total. The van der Waals surface area contributed by atoms with E-state index in [0.29, 0.717) is 16.0 Å². The van der Waals surface area contributed by atoms with Crippen LogP contribution in [0.4, 0.5) is 5.82 Å². The van der Waals surface area contributed by atoms with Crippen molar-refractivity contribution in [1.82, 2.24) is 10.3 Å². The third-order valence-corrected chi connectivity index (χ3v) is 6.82. The zero-order valence-corrected chi connectivity index (χ0v) is 18.0. The van der Waals surface area contributed by atoms with Gasteiger partial charge in [0.15, 0.2) is 5.11 Å². The maximum absolute atomic E-state index is 6.10. The third-order valence-electron chi connectivity index (χ3n) is 5.22. The maximum atomic E-state index is 6.10. The topological polar surface area (TPSA) is 37.0 Å². The predicted molar refractivity (Wildman–Crippen MR) is 117 cm³/mol. The summed E-state index contributed by atoms with van der Waals surface area (Å²) in [6.07, 6.45) is 7.86. The van der Waals surface area contributed by atoms with Crippen molar-refractivity contribution in [2.45, 2.75) is 44.4 Å². The van der Waals surface area contributed by atoms with Gasteiger partial charge in [-0.2, -0.15) is 0 Å². The lowest BCUT2D eigenvalue weighted by molar-refractivity contribution is 0.292. The smallest absolute Gasteiger partial charge is 0.172 e. The molecule has 1 aromatic carbocycles. The van der Waals surface area contributed by atoms with E-state index in [9.17, 15) is 0 Å². The van der Waals surface area contributed by atoms with Gasteiger partial charge >= 0.3 is 0 Å². The summed E-state index contributed by atoms with van der Waals surface area (Å²) in [4.78, 5) is 4.33. The van der Waals surface area contributed by atoms with Crippen LogP contribution in [-0.4, -0.2) is 16.6 Å². The molecule has 0 spiro atoms. The average Bonchev–Trinajstić information content (AvgIpc) is 2.68. The molecule has 0 saturated heterocycles. The molecule has 1 aliphatic carbocycles. The second-order valence-electron chi connectivity index (χ2n) is 6.91. The van der Waals surface area contributed by atoms with Gasteiger partial charge in [0.2, 0.25) is 0 Å². The molecule has 1 fully saturated rings. The molecule has 0 atom stereocenters. The molecule has 0 unspecified atom stereocenters. The van der Waals surface area contributed by atoms with Crippen molar-refractivity contribution < 1.29 is 0 Å². The Bertz CT molecular complexity index is 776. The first-order valence-electron chi connectivity index (χ1n) is 8.93. The number of anilines is 1. The fourth-order valence-electron chi connectivity index (χ4n) is 3.63. The van der Waals surface area contributed by atoms with Gasteiger partial charge in [-0.15, -0.1) is 0 Å². The minimum atomic E-state index is 0.145. The monoisotopic (exact) mass is 451 g/mol. The number of benzene rings is 1. The summed E-state index contributed by atoms with van der Waals surface area (Å²) >= 11 is 15.2. The lowest BCUT2D eigenvalue weighted by Crippen LogP contribution is -2.43. The summed E-state index contributed by atoms with van der Waals surface area (Å²) in [5.74, 6) is 0.682. The zero-order chi connectivity index (χ0) is 18.6. The first kappa shape index (κ1) is 19.6. The number of hydrogen-bond donors (Lipinski definition) is 2. The predicted octanol–water partition coefficient (Wildman–Crippen LogP) is 5.99. The molecule has 2 N–H and O–H groups in total. The van der Waals surface area contributed by atoms with Gasteiger partial charge in [-0.25, -0.2) is 4.98 Å². The molecule has 0 aliphatic heterocycles. The number of hydrogen-bond acceptors (Lipinski definition) is 2. The fourth-order valence-corrected chi connectivity index (χ4v) is 4.47. The molecule has 1 aromatic heterocycles. The highest BCUT2D eigenvalue weighted by atomic mass is 79.9. The van der Waals surface area contributed by atoms with Crippen molar-refractivity contribution in [3.8, 4) is 0 Å². The second kappa shape index (κ2) is 8.68. The third kappa shape index (κ3) is 4.38. The van der Waals surface area contributed by atoms with E-state index >= 15 is 0 Å². The molecular formula is C20H23BrClN3S. The summed E-state index contributed by atoms with van der Waals surface area (Å²) < 4.78 is 0.838. The molecule has 138 valence electrons. The van der Waals surface area contributed by atoms with E-state index in [2.05, 4.69) is 61.9 Å². The minimum absolute atomic E-state index is 0.145. The molecule has 2 aromatic rings. The summed E-state index contributed by atoms with van der Waals surface area (Å²) in [6, 6.07) is 10.8. The first-order chi connectivity index (χ1) is 12.5. The van der Waals surface area contributed by atoms with Crippen LogP contribution in [0.3, 0.4) is 0 Å². The van der Waals surface area contributed by atoms with Gasteiger partial charge in [-0.1, -0.05) is 61.2 Å². The number of aromatic nitrogens is 1. The maximum Gasteiger partial charge on any atom is 0.172 e. The quantitative estimate of drug-likeness (QED) is 0.558. The van der Waals surface area contributed by atoms with E-state index in [1.165, 1.54) is 37.7 Å². The molecule has 0 bridgehead atoms. The van der Waals surface area contributed by atoms with E-state index in [4.69, 9.17) is 23.8 Å². The van der Waals surface area contributed by atoms with Crippen molar-refractivity contribution in [3.63, 3.8) is 0 Å². The van der Waals surface area contributed by atoms with Gasteiger partial charge in [-0.05, 0) is 59.0 Å². The lowest BCUT2D eigenvalue weighted by Gasteiger charge is -2.38. The summed E-state index contributed by atoms with van der Waals surface area (Å²) in [7, 11) is 0. The van der Waals surface area contributed by atoms with Crippen molar-refractivity contribution in [3.05, 3.63) is 57.2 Å². The van der Waals surface area contributed by atoms with Crippen LogP contribution in [0.1, 0.15) is 43.2 Å². The standard InChI is InChI=1S/C20H23BrClN3S/c1-14-16(22)12-23-18(17(14)21)25-19(26)24-13-20(10-6-3-7-11-20)15-8-4-2-5-9-15/h2,4-5,8-9,12H,3,6-7,10-11,13H2,1H3,(H2,23,24,25,26). The number of nitrogens with one attached hydrogen (secondary N) is 2. The molecule has 0 radical (unpaired) electrons. The highest BCUT2D eigenvalue weighted by Gasteiger charge is 2.33. The SMILES string of the molecule is Cc1c(Cl)cnc(NC(=S)NCC2(c3ccccc3)CCCCC2)c1Br. The molecule has 0 amide bonds. The summed E-state index contributed by atoms with van der Waals surface area (Å²) in [6.45, 7) is 2.77. The molecule has 6 heteroatoms. The highest BCUT2D eigenvalue weighted by Crippen LogP contribution is 2.39. The fraction of sp³-hybridized carbons (Fsp3) is 0.400. The Balaban J connectivity index is 1.70. The Labute approximate surface area is 174 Å². The Morgan fingerprint density at radius 3 is 2.62 bits per heavy atom. The number of rotatable bonds is 4. The van der Waals surface area contributed by atoms with Crippen LogP contribution in [-0.2, 0) is 5.41 Å². The summed E-state index contributed by atoms with van der Waals surface area (Å²) in [5, 5.41) is 7.83. The Morgan fingerprint density at radius 2 is 1.92 bits per heavy atom. The van der Waals surface area contributed by atoms with Gasteiger partial charge in [0, 0.05) is 18.2 Å². The molecule has 1 aliphatic rings. The summed E-state index contributed by atoms with van der Waals surface area (Å²) in [5.41, 5.74) is 2.49. The van der Waals surface area contributed by atoms with Crippen LogP contribution in [0, 0.1) is 6.92 Å². The highest BCUT2D eigenvalue weighted by molar-refractivity contribution is 9.10. The van der Waals surface area contributed by atoms with Crippen LogP contribution in [0.2, 0.25) is 5.02 Å². The largest absolute Gasteiger partial charge is 0.362 e. The van der Waals surface area contributed by atoms with E-state index < -0.39 is 0 Å². The van der Waals surface area contributed by atoms with Crippen LogP contribution < -0.4 is 10.6 Å². The first-order valence-corrected chi connectivity index (χ1v) is 10.5. The zero-order valence-electron chi connectivity index (χ0n) is 14.8. The minimum Gasteiger partial charge on any atom is -0.362 e. The Kier molecular flexibility index (Phi) is 6.54. The van der Waals surface area contributed by atoms with E-state index in [-0.39, 0.29) is 5.41 Å². The molecule has 1 heterocycles. The number of nitrogens with zero attached hydrogens (tertiary/aromatic N) is 1. The number of pyridine rings is 1. The van der Waals surface area contributed by atoms with Crippen LogP contribution in [0.5, 0.6) is 0 Å².